The largest absolute Gasteiger partial charge is 0.496 e. The number of nitrogens with two attached hydrogens (primary N) is 1. The third-order valence-electron chi connectivity index (χ3n) is 2.40. The third-order valence-corrected chi connectivity index (χ3v) is 2.40. The van der Waals surface area contributed by atoms with Gasteiger partial charge in [-0.1, -0.05) is 17.7 Å². The molecule has 0 bridgehead atoms. The van der Waals surface area contributed by atoms with Crippen molar-refractivity contribution in [3.8, 4) is 5.75 Å². The molecule has 0 aromatic heterocycles. The molecule has 16 heavy (non-hydrogen) atoms. The van der Waals surface area contributed by atoms with Crippen LogP contribution in [0.2, 0.25) is 0 Å². The van der Waals surface area contributed by atoms with Crippen LogP contribution in [0.15, 0.2) is 18.2 Å². The number of methoxy groups -OCH3 is 1. The molecule has 1 rings (SSSR count). The highest BCUT2D eigenvalue weighted by Crippen LogP contribution is 2.19. The second kappa shape index (κ2) is 6.48. The highest BCUT2D eigenvalue weighted by molar-refractivity contribution is 5.36. The zero-order valence-electron chi connectivity index (χ0n) is 9.86. The van der Waals surface area contributed by atoms with Gasteiger partial charge in [-0.15, -0.1) is 0 Å². The lowest BCUT2D eigenvalue weighted by molar-refractivity contribution is 0.179. The summed E-state index contributed by atoms with van der Waals surface area (Å²) < 4.78 is 5.26. The normalized spacial score (nSPS) is 12.5. The summed E-state index contributed by atoms with van der Waals surface area (Å²) in [5.74, 6) is 0.861. The van der Waals surface area contributed by atoms with Crippen molar-refractivity contribution in [2.75, 3.05) is 20.2 Å². The molecule has 1 aromatic rings. The number of nitrogens with one attached hydrogen (secondary N) is 1. The molecule has 0 spiro atoms. The lowest BCUT2D eigenvalue weighted by atomic mass is 10.1. The van der Waals surface area contributed by atoms with Crippen LogP contribution in [0.5, 0.6) is 5.75 Å². The average molecular weight is 224 g/mol. The van der Waals surface area contributed by atoms with E-state index < -0.39 is 6.10 Å². The van der Waals surface area contributed by atoms with Gasteiger partial charge in [-0.3, -0.25) is 0 Å². The number of aliphatic hydroxyl groups is 1. The molecule has 0 amide bonds. The molecular formula is C12H20N2O2. The van der Waals surface area contributed by atoms with Crippen LogP contribution in [0.25, 0.3) is 0 Å². The Morgan fingerprint density at radius 3 is 2.88 bits per heavy atom. The highest BCUT2D eigenvalue weighted by atomic mass is 16.5. The molecule has 1 unspecified atom stereocenters. The molecule has 0 aliphatic heterocycles. The first-order chi connectivity index (χ1) is 7.67. The summed E-state index contributed by atoms with van der Waals surface area (Å²) >= 11 is 0. The number of rotatable bonds is 6. The van der Waals surface area contributed by atoms with Crippen LogP contribution in [-0.4, -0.2) is 31.4 Å². The fourth-order valence-corrected chi connectivity index (χ4v) is 1.50. The van der Waals surface area contributed by atoms with Crippen LogP contribution >= 0.6 is 0 Å². The van der Waals surface area contributed by atoms with Crippen LogP contribution in [0.4, 0.5) is 0 Å². The van der Waals surface area contributed by atoms with Gasteiger partial charge < -0.3 is 20.9 Å². The minimum absolute atomic E-state index is 0.276. The van der Waals surface area contributed by atoms with Gasteiger partial charge in [-0.2, -0.15) is 0 Å². The topological polar surface area (TPSA) is 67.5 Å². The molecule has 1 aromatic carbocycles. The van der Waals surface area contributed by atoms with E-state index in [1.165, 1.54) is 5.56 Å². The Kier molecular flexibility index (Phi) is 5.25. The zero-order valence-corrected chi connectivity index (χ0v) is 9.86. The van der Waals surface area contributed by atoms with E-state index >= 15 is 0 Å². The van der Waals surface area contributed by atoms with Crippen molar-refractivity contribution in [2.45, 2.75) is 19.6 Å². The summed E-state index contributed by atoms with van der Waals surface area (Å²) in [6.07, 6.45) is -0.490. The first kappa shape index (κ1) is 13.0. The van der Waals surface area contributed by atoms with E-state index in [1.54, 1.807) is 7.11 Å². The second-order valence-electron chi connectivity index (χ2n) is 3.84. The van der Waals surface area contributed by atoms with E-state index in [2.05, 4.69) is 11.4 Å². The molecule has 0 saturated heterocycles. The smallest absolute Gasteiger partial charge is 0.123 e. The van der Waals surface area contributed by atoms with Gasteiger partial charge in [0, 0.05) is 25.2 Å². The number of ether oxygens (including phenoxy) is 1. The van der Waals surface area contributed by atoms with Gasteiger partial charge in [0.05, 0.1) is 13.2 Å². The molecule has 0 radical (unpaired) electrons. The minimum atomic E-state index is -0.490. The predicted molar refractivity (Wildman–Crippen MR) is 64.5 cm³/mol. The molecular weight excluding hydrogens is 204 g/mol. The van der Waals surface area contributed by atoms with Gasteiger partial charge in [0.2, 0.25) is 0 Å². The number of benzene rings is 1. The third kappa shape index (κ3) is 3.81. The van der Waals surface area contributed by atoms with Crippen LogP contribution in [0.1, 0.15) is 11.1 Å². The number of hydrogen-bond acceptors (Lipinski definition) is 4. The highest BCUT2D eigenvalue weighted by Gasteiger charge is 2.04. The number of hydrogen-bond donors (Lipinski definition) is 3. The van der Waals surface area contributed by atoms with Crippen molar-refractivity contribution in [3.63, 3.8) is 0 Å². The fourth-order valence-electron chi connectivity index (χ4n) is 1.50. The van der Waals surface area contributed by atoms with Crippen LogP contribution in [-0.2, 0) is 6.54 Å². The van der Waals surface area contributed by atoms with E-state index in [9.17, 15) is 5.11 Å². The second-order valence-corrected chi connectivity index (χ2v) is 3.84. The molecule has 0 heterocycles. The van der Waals surface area contributed by atoms with Crippen LogP contribution in [0.3, 0.4) is 0 Å². The summed E-state index contributed by atoms with van der Waals surface area (Å²) in [6.45, 7) is 3.48. The van der Waals surface area contributed by atoms with Crippen LogP contribution < -0.4 is 15.8 Å². The molecule has 0 aliphatic rings. The Labute approximate surface area is 96.4 Å². The van der Waals surface area contributed by atoms with E-state index in [0.29, 0.717) is 13.1 Å². The minimum Gasteiger partial charge on any atom is -0.496 e. The maximum Gasteiger partial charge on any atom is 0.123 e. The predicted octanol–water partition coefficient (Wildman–Crippen LogP) is 0.413. The molecule has 0 saturated carbocycles. The summed E-state index contributed by atoms with van der Waals surface area (Å²) in [7, 11) is 1.66. The first-order valence-corrected chi connectivity index (χ1v) is 5.39. The van der Waals surface area contributed by atoms with Gasteiger partial charge in [0.1, 0.15) is 5.75 Å². The Morgan fingerprint density at radius 1 is 1.50 bits per heavy atom. The maximum atomic E-state index is 9.30. The molecule has 0 fully saturated rings. The Hall–Kier alpha value is -1.10. The number of aliphatic hydroxyl groups excluding tert-OH is 1. The van der Waals surface area contributed by atoms with Crippen molar-refractivity contribution in [1.82, 2.24) is 5.32 Å². The van der Waals surface area contributed by atoms with Crippen molar-refractivity contribution in [2.24, 2.45) is 5.73 Å². The van der Waals surface area contributed by atoms with E-state index in [-0.39, 0.29) is 6.54 Å². The summed E-state index contributed by atoms with van der Waals surface area (Å²) in [4.78, 5) is 0. The average Bonchev–Trinajstić information content (AvgIpc) is 2.29. The van der Waals surface area contributed by atoms with Crippen molar-refractivity contribution in [1.29, 1.82) is 0 Å². The van der Waals surface area contributed by atoms with Gasteiger partial charge in [-0.25, -0.2) is 0 Å². The summed E-state index contributed by atoms with van der Waals surface area (Å²) in [6, 6.07) is 6.03. The molecule has 4 N–H and O–H groups in total. The Morgan fingerprint density at radius 2 is 2.25 bits per heavy atom. The van der Waals surface area contributed by atoms with Gasteiger partial charge in [0.25, 0.3) is 0 Å². The van der Waals surface area contributed by atoms with Crippen molar-refractivity contribution >= 4 is 0 Å². The van der Waals surface area contributed by atoms with Crippen LogP contribution in [0, 0.1) is 6.92 Å². The Balaban J connectivity index is 2.55. The molecule has 4 heteroatoms. The molecule has 0 aliphatic carbocycles. The molecule has 1 atom stereocenters. The van der Waals surface area contributed by atoms with E-state index in [1.807, 2.05) is 19.1 Å². The fraction of sp³-hybridized carbons (Fsp3) is 0.500. The molecule has 4 nitrogen and oxygen atoms in total. The van der Waals surface area contributed by atoms with Gasteiger partial charge in [0.15, 0.2) is 0 Å². The van der Waals surface area contributed by atoms with Gasteiger partial charge in [-0.05, 0) is 13.0 Å². The Bertz CT molecular complexity index is 329. The standard InChI is InChI=1S/C12H20N2O2/c1-9-3-4-12(16-2)10(5-9)7-14-8-11(15)6-13/h3-5,11,14-15H,6-8,13H2,1-2H3. The summed E-state index contributed by atoms with van der Waals surface area (Å²) in [5, 5.41) is 12.4. The lowest BCUT2D eigenvalue weighted by Gasteiger charge is -2.12. The maximum absolute atomic E-state index is 9.30. The van der Waals surface area contributed by atoms with Gasteiger partial charge >= 0.3 is 0 Å². The van der Waals surface area contributed by atoms with E-state index in [0.717, 1.165) is 11.3 Å². The zero-order chi connectivity index (χ0) is 12.0. The SMILES string of the molecule is COc1ccc(C)cc1CNCC(O)CN. The van der Waals surface area contributed by atoms with E-state index in [4.69, 9.17) is 10.5 Å². The quantitative estimate of drug-likeness (QED) is 0.655. The van der Waals surface area contributed by atoms with Crippen molar-refractivity contribution in [3.05, 3.63) is 29.3 Å². The first-order valence-electron chi connectivity index (χ1n) is 5.39. The molecule has 90 valence electrons. The number of aryl methyl sites for hydroxylation is 1. The summed E-state index contributed by atoms with van der Waals surface area (Å²) in [5.41, 5.74) is 7.60. The van der Waals surface area contributed by atoms with Crippen molar-refractivity contribution < 1.29 is 9.84 Å². The monoisotopic (exact) mass is 224 g/mol. The lowest BCUT2D eigenvalue weighted by Crippen LogP contribution is -2.32.